The summed E-state index contributed by atoms with van der Waals surface area (Å²) in [6.45, 7) is 2.28. The lowest BCUT2D eigenvalue weighted by atomic mass is 9.83. The van der Waals surface area contributed by atoms with E-state index in [0.29, 0.717) is 30.8 Å². The van der Waals surface area contributed by atoms with Crippen molar-refractivity contribution in [2.45, 2.75) is 82.1 Å². The van der Waals surface area contributed by atoms with Crippen LogP contribution < -0.4 is 10.6 Å². The molecule has 4 aliphatic rings. The van der Waals surface area contributed by atoms with E-state index in [1.54, 1.807) is 0 Å². The van der Waals surface area contributed by atoms with E-state index in [0.717, 1.165) is 24.5 Å². The monoisotopic (exact) mass is 319 g/mol. The zero-order chi connectivity index (χ0) is 16.0. The van der Waals surface area contributed by atoms with Gasteiger partial charge in [-0.15, -0.1) is 0 Å². The summed E-state index contributed by atoms with van der Waals surface area (Å²) in [5.41, 5.74) is 0. The second-order valence-corrected chi connectivity index (χ2v) is 7.50. The largest absolute Gasteiger partial charge is 0.369 e. The maximum Gasteiger partial charge on any atom is 0.237 e. The van der Waals surface area contributed by atoms with E-state index < -0.39 is 6.04 Å². The SMILES string of the molecule is CC1CCCC2NC(CC3=NC4C(CCCC4[N+](=O)[O-])N3)=NC12. The Morgan fingerprint density at radius 2 is 1.65 bits per heavy atom. The minimum Gasteiger partial charge on any atom is -0.369 e. The Hall–Kier alpha value is -1.66. The molecule has 23 heavy (non-hydrogen) atoms. The molecule has 2 N–H and O–H groups in total. The van der Waals surface area contributed by atoms with E-state index in [1.165, 1.54) is 19.3 Å². The van der Waals surface area contributed by atoms with Crippen molar-refractivity contribution in [3.63, 3.8) is 0 Å². The number of hydrogen-bond acceptors (Lipinski definition) is 6. The average Bonchev–Trinajstić information content (AvgIpc) is 3.10. The molecule has 6 atom stereocenters. The quantitative estimate of drug-likeness (QED) is 0.609. The van der Waals surface area contributed by atoms with Gasteiger partial charge in [0.1, 0.15) is 17.7 Å². The molecule has 126 valence electrons. The molecule has 7 heteroatoms. The fraction of sp³-hybridized carbons (Fsp3) is 0.875. The van der Waals surface area contributed by atoms with Gasteiger partial charge in [0.2, 0.25) is 6.04 Å². The number of nitrogens with one attached hydrogen (secondary N) is 2. The zero-order valence-electron chi connectivity index (χ0n) is 13.6. The lowest BCUT2D eigenvalue weighted by molar-refractivity contribution is -0.528. The molecule has 0 spiro atoms. The molecule has 2 fully saturated rings. The lowest BCUT2D eigenvalue weighted by Gasteiger charge is -2.29. The highest BCUT2D eigenvalue weighted by molar-refractivity contribution is 6.04. The molecular weight excluding hydrogens is 294 g/mol. The molecule has 2 aliphatic heterocycles. The van der Waals surface area contributed by atoms with Crippen molar-refractivity contribution in [3.8, 4) is 0 Å². The van der Waals surface area contributed by atoms with Crippen LogP contribution in [0.1, 0.15) is 51.9 Å². The third-order valence-electron chi connectivity index (χ3n) is 5.91. The molecule has 7 nitrogen and oxygen atoms in total. The minimum atomic E-state index is -0.528. The van der Waals surface area contributed by atoms with E-state index >= 15 is 0 Å². The summed E-state index contributed by atoms with van der Waals surface area (Å²) in [5.74, 6) is 2.53. The van der Waals surface area contributed by atoms with Crippen molar-refractivity contribution in [2.24, 2.45) is 15.9 Å². The maximum atomic E-state index is 11.2. The number of hydrogen-bond donors (Lipinski definition) is 2. The van der Waals surface area contributed by atoms with E-state index in [1.807, 2.05) is 0 Å². The predicted octanol–water partition coefficient (Wildman–Crippen LogP) is 1.50. The first-order valence-electron chi connectivity index (χ1n) is 8.92. The summed E-state index contributed by atoms with van der Waals surface area (Å²) in [6, 6.07) is 0.285. The van der Waals surface area contributed by atoms with Crippen LogP contribution in [0.3, 0.4) is 0 Å². The number of amidine groups is 2. The van der Waals surface area contributed by atoms with Crippen LogP contribution in [0.25, 0.3) is 0 Å². The summed E-state index contributed by atoms with van der Waals surface area (Å²) in [6.07, 6.45) is 6.91. The van der Waals surface area contributed by atoms with Crippen LogP contribution in [0.15, 0.2) is 9.98 Å². The molecule has 2 aliphatic carbocycles. The first kappa shape index (κ1) is 14.9. The minimum absolute atomic E-state index is 0.136. The average molecular weight is 319 g/mol. The second-order valence-electron chi connectivity index (χ2n) is 7.50. The van der Waals surface area contributed by atoms with Crippen LogP contribution in [0.5, 0.6) is 0 Å². The zero-order valence-corrected chi connectivity index (χ0v) is 13.6. The molecule has 0 saturated heterocycles. The highest BCUT2D eigenvalue weighted by Crippen LogP contribution is 2.31. The number of rotatable bonds is 3. The summed E-state index contributed by atoms with van der Waals surface area (Å²) in [5, 5.41) is 18.2. The van der Waals surface area contributed by atoms with Gasteiger partial charge in [-0.3, -0.25) is 20.1 Å². The van der Waals surface area contributed by atoms with Crippen LogP contribution in [-0.2, 0) is 0 Å². The van der Waals surface area contributed by atoms with E-state index in [2.05, 4.69) is 22.5 Å². The topological polar surface area (TPSA) is 91.9 Å². The van der Waals surface area contributed by atoms with Gasteiger partial charge in [-0.25, -0.2) is 0 Å². The molecule has 0 aromatic rings. The Kier molecular flexibility index (Phi) is 3.73. The molecule has 4 rings (SSSR count). The fourth-order valence-corrected chi connectivity index (χ4v) is 4.71. The predicted molar refractivity (Wildman–Crippen MR) is 88.6 cm³/mol. The molecule has 0 amide bonds. The van der Waals surface area contributed by atoms with Gasteiger partial charge < -0.3 is 10.6 Å². The Morgan fingerprint density at radius 3 is 2.30 bits per heavy atom. The first-order chi connectivity index (χ1) is 11.1. The van der Waals surface area contributed by atoms with E-state index in [9.17, 15) is 10.1 Å². The van der Waals surface area contributed by atoms with Gasteiger partial charge in [0.05, 0.1) is 18.5 Å². The standard InChI is InChI=1S/C16H25N5O2/c1-9-4-2-5-10-15(9)19-13(17-10)8-14-18-11-6-3-7-12(21(22)23)16(11)20-14/h9-12,15-16H,2-8H2,1H3,(H,17,19)(H,18,20). The molecule has 0 aromatic heterocycles. The van der Waals surface area contributed by atoms with Crippen molar-refractivity contribution >= 4 is 11.7 Å². The Morgan fingerprint density at radius 1 is 1.04 bits per heavy atom. The van der Waals surface area contributed by atoms with Crippen LogP contribution in [0.2, 0.25) is 0 Å². The Labute approximate surface area is 136 Å². The summed E-state index contributed by atoms with van der Waals surface area (Å²) in [7, 11) is 0. The van der Waals surface area contributed by atoms with Crippen molar-refractivity contribution in [2.75, 3.05) is 0 Å². The molecule has 0 aromatic carbocycles. The number of fused-ring (bicyclic) bond motifs is 2. The second kappa shape index (κ2) is 5.76. The fourth-order valence-electron chi connectivity index (χ4n) is 4.71. The lowest BCUT2D eigenvalue weighted by Crippen LogP contribution is -2.47. The highest BCUT2D eigenvalue weighted by Gasteiger charge is 2.44. The third-order valence-corrected chi connectivity index (χ3v) is 5.91. The highest BCUT2D eigenvalue weighted by atomic mass is 16.6. The molecule has 0 bridgehead atoms. The van der Waals surface area contributed by atoms with Crippen molar-refractivity contribution in [1.82, 2.24) is 10.6 Å². The van der Waals surface area contributed by atoms with Gasteiger partial charge >= 0.3 is 0 Å². The van der Waals surface area contributed by atoms with E-state index in [-0.39, 0.29) is 17.0 Å². The molecular formula is C16H25N5O2. The van der Waals surface area contributed by atoms with Crippen LogP contribution in [-0.4, -0.2) is 46.8 Å². The molecule has 2 heterocycles. The van der Waals surface area contributed by atoms with Crippen molar-refractivity contribution in [1.29, 1.82) is 0 Å². The summed E-state index contributed by atoms with van der Waals surface area (Å²) in [4.78, 5) is 20.6. The van der Waals surface area contributed by atoms with Crippen LogP contribution in [0, 0.1) is 16.0 Å². The Bertz CT molecular complexity index is 561. The van der Waals surface area contributed by atoms with Gasteiger partial charge in [-0.05, 0) is 31.6 Å². The first-order valence-corrected chi connectivity index (χ1v) is 8.92. The maximum absolute atomic E-state index is 11.2. The van der Waals surface area contributed by atoms with Crippen molar-refractivity contribution in [3.05, 3.63) is 10.1 Å². The van der Waals surface area contributed by atoms with Gasteiger partial charge in [0, 0.05) is 17.4 Å². The normalized spacial score (nSPS) is 42.0. The van der Waals surface area contributed by atoms with Gasteiger partial charge in [0.25, 0.3) is 0 Å². The van der Waals surface area contributed by atoms with Crippen LogP contribution in [0.4, 0.5) is 0 Å². The smallest absolute Gasteiger partial charge is 0.237 e. The number of nitrogens with zero attached hydrogens (tertiary/aromatic N) is 3. The third kappa shape index (κ3) is 2.70. The number of aliphatic imine (C=N–C) groups is 2. The van der Waals surface area contributed by atoms with Gasteiger partial charge in [-0.2, -0.15) is 0 Å². The van der Waals surface area contributed by atoms with Gasteiger partial charge in [0.15, 0.2) is 0 Å². The number of nitro groups is 1. The van der Waals surface area contributed by atoms with E-state index in [4.69, 9.17) is 4.99 Å². The molecule has 0 radical (unpaired) electrons. The Balaban J connectivity index is 1.45. The summed E-state index contributed by atoms with van der Waals surface area (Å²) < 4.78 is 0. The molecule has 6 unspecified atom stereocenters. The van der Waals surface area contributed by atoms with Gasteiger partial charge in [-0.1, -0.05) is 13.3 Å². The molecule has 2 saturated carbocycles. The van der Waals surface area contributed by atoms with Crippen molar-refractivity contribution < 1.29 is 4.92 Å². The summed E-state index contributed by atoms with van der Waals surface area (Å²) >= 11 is 0. The van der Waals surface area contributed by atoms with Crippen LogP contribution >= 0.6 is 0 Å².